The van der Waals surface area contributed by atoms with Gasteiger partial charge in [-0.1, -0.05) is 11.6 Å². The lowest BCUT2D eigenvalue weighted by molar-refractivity contribution is -0.117. The Kier molecular flexibility index (Phi) is 6.08. The summed E-state index contributed by atoms with van der Waals surface area (Å²) in [6.07, 6.45) is 0. The molecule has 1 aliphatic heterocycles. The first kappa shape index (κ1) is 19.3. The Morgan fingerprint density at radius 2 is 1.74 bits per heavy atom. The highest BCUT2D eigenvalue weighted by Gasteiger charge is 2.20. The van der Waals surface area contributed by atoms with Crippen LogP contribution in [-0.2, 0) is 4.79 Å². The molecule has 2 aromatic carbocycles. The molecule has 0 unspecified atom stereocenters. The van der Waals surface area contributed by atoms with Gasteiger partial charge >= 0.3 is 0 Å². The number of hydrogen-bond donors (Lipinski definition) is 1. The van der Waals surface area contributed by atoms with E-state index in [1.807, 2.05) is 29.2 Å². The normalized spacial score (nSPS) is 14.9. The van der Waals surface area contributed by atoms with E-state index >= 15 is 0 Å². The molecular weight excluding hydrogens is 369 g/mol. The van der Waals surface area contributed by atoms with Crippen LogP contribution >= 0.6 is 11.6 Å². The average molecular weight is 390 g/mol. The van der Waals surface area contributed by atoms with Gasteiger partial charge in [-0.3, -0.25) is 14.5 Å². The van der Waals surface area contributed by atoms with Crippen molar-refractivity contribution in [3.05, 3.63) is 58.9 Å². The molecule has 0 saturated carbocycles. The third kappa shape index (κ3) is 5.05. The second-order valence-electron chi connectivity index (χ2n) is 6.54. The van der Waals surface area contributed by atoms with Gasteiger partial charge in [0.05, 0.1) is 12.2 Å². The molecule has 3 rings (SSSR count). The first-order valence-corrected chi connectivity index (χ1v) is 9.13. The number of hydrogen-bond acceptors (Lipinski definition) is 4. The van der Waals surface area contributed by atoms with Gasteiger partial charge < -0.3 is 10.2 Å². The summed E-state index contributed by atoms with van der Waals surface area (Å²) in [5, 5.41) is 2.87. The van der Waals surface area contributed by atoms with Crippen LogP contribution in [-0.4, -0.2) is 49.3 Å². The Hall–Kier alpha value is -2.44. The summed E-state index contributed by atoms with van der Waals surface area (Å²) in [4.78, 5) is 27.8. The number of carbonyl (C=O) groups excluding carboxylic acids is 2. The van der Waals surface area contributed by atoms with Crippen LogP contribution < -0.4 is 10.2 Å². The van der Waals surface area contributed by atoms with Crippen molar-refractivity contribution < 1.29 is 14.0 Å². The van der Waals surface area contributed by atoms with E-state index in [1.165, 1.54) is 18.2 Å². The number of rotatable bonds is 5. The van der Waals surface area contributed by atoms with E-state index in [0.717, 1.165) is 31.9 Å². The zero-order valence-corrected chi connectivity index (χ0v) is 15.8. The van der Waals surface area contributed by atoms with Crippen LogP contribution in [0.2, 0.25) is 5.02 Å². The van der Waals surface area contributed by atoms with Crippen LogP contribution in [0.25, 0.3) is 0 Å². The van der Waals surface area contributed by atoms with Crippen molar-refractivity contribution >= 4 is 34.7 Å². The van der Waals surface area contributed by atoms with Crippen LogP contribution in [0.5, 0.6) is 0 Å². The topological polar surface area (TPSA) is 52.7 Å². The molecule has 0 bridgehead atoms. The number of anilines is 2. The lowest BCUT2D eigenvalue weighted by Gasteiger charge is -2.35. The van der Waals surface area contributed by atoms with E-state index in [0.29, 0.717) is 5.56 Å². The molecule has 0 spiro atoms. The zero-order valence-electron chi connectivity index (χ0n) is 15.0. The van der Waals surface area contributed by atoms with Gasteiger partial charge in [0.1, 0.15) is 5.82 Å². The summed E-state index contributed by atoms with van der Waals surface area (Å²) in [5.41, 5.74) is 1.89. The standard InChI is InChI=1S/C20H21ClFN3O2/c1-14(26)15-2-5-17(6-3-15)25-10-8-24(9-11-25)13-20(27)23-19-7-4-16(21)12-18(19)22/h2-7,12H,8-11,13H2,1H3,(H,23,27). The van der Waals surface area contributed by atoms with Crippen molar-refractivity contribution in [2.45, 2.75) is 6.92 Å². The fourth-order valence-corrected chi connectivity index (χ4v) is 3.21. The predicted molar refractivity (Wildman–Crippen MR) is 105 cm³/mol. The molecule has 7 heteroatoms. The van der Waals surface area contributed by atoms with E-state index in [4.69, 9.17) is 11.6 Å². The third-order valence-corrected chi connectivity index (χ3v) is 4.82. The van der Waals surface area contributed by atoms with Crippen LogP contribution in [0, 0.1) is 5.82 Å². The zero-order chi connectivity index (χ0) is 19.4. The lowest BCUT2D eigenvalue weighted by atomic mass is 10.1. The highest BCUT2D eigenvalue weighted by atomic mass is 35.5. The number of benzene rings is 2. The summed E-state index contributed by atoms with van der Waals surface area (Å²) in [5.74, 6) is -0.750. The minimum absolute atomic E-state index is 0.0505. The van der Waals surface area contributed by atoms with E-state index < -0.39 is 5.82 Å². The van der Waals surface area contributed by atoms with Crippen LogP contribution in [0.3, 0.4) is 0 Å². The van der Waals surface area contributed by atoms with Gasteiger partial charge in [-0.25, -0.2) is 4.39 Å². The van der Waals surface area contributed by atoms with Crippen LogP contribution in [0.1, 0.15) is 17.3 Å². The van der Waals surface area contributed by atoms with Gasteiger partial charge in [0.15, 0.2) is 5.78 Å². The molecule has 27 heavy (non-hydrogen) atoms. The third-order valence-electron chi connectivity index (χ3n) is 4.58. The first-order chi connectivity index (χ1) is 12.9. The number of carbonyl (C=O) groups is 2. The van der Waals surface area contributed by atoms with Gasteiger partial charge in [-0.2, -0.15) is 0 Å². The monoisotopic (exact) mass is 389 g/mol. The highest BCUT2D eigenvalue weighted by molar-refractivity contribution is 6.30. The summed E-state index contributed by atoms with van der Waals surface area (Å²) < 4.78 is 13.8. The smallest absolute Gasteiger partial charge is 0.238 e. The molecule has 1 saturated heterocycles. The Balaban J connectivity index is 1.50. The maximum Gasteiger partial charge on any atom is 0.238 e. The predicted octanol–water partition coefficient (Wildman–Crippen LogP) is 3.44. The molecule has 0 atom stereocenters. The number of ketones is 1. The molecular formula is C20H21ClFN3O2. The van der Waals surface area contributed by atoms with Crippen molar-refractivity contribution in [2.24, 2.45) is 0 Å². The Labute approximate surface area is 162 Å². The maximum absolute atomic E-state index is 13.8. The fourth-order valence-electron chi connectivity index (χ4n) is 3.05. The molecule has 2 aromatic rings. The Bertz CT molecular complexity index is 834. The second kappa shape index (κ2) is 8.50. The number of nitrogens with zero attached hydrogens (tertiary/aromatic N) is 2. The summed E-state index contributed by atoms with van der Waals surface area (Å²) >= 11 is 5.72. The van der Waals surface area contributed by atoms with Gasteiger partial charge in [0, 0.05) is 42.5 Å². The minimum atomic E-state index is -0.547. The molecule has 1 N–H and O–H groups in total. The quantitative estimate of drug-likeness (QED) is 0.796. The van der Waals surface area contributed by atoms with Crippen molar-refractivity contribution in [3.63, 3.8) is 0 Å². The molecule has 1 amide bonds. The van der Waals surface area contributed by atoms with Gasteiger partial charge in [0.2, 0.25) is 5.91 Å². The lowest BCUT2D eigenvalue weighted by Crippen LogP contribution is -2.48. The van der Waals surface area contributed by atoms with Crippen LogP contribution in [0.4, 0.5) is 15.8 Å². The molecule has 1 fully saturated rings. The molecule has 0 aliphatic carbocycles. The van der Waals surface area contributed by atoms with E-state index in [9.17, 15) is 14.0 Å². The Morgan fingerprint density at radius 1 is 1.07 bits per heavy atom. The molecule has 0 radical (unpaired) electrons. The van der Waals surface area contributed by atoms with Crippen LogP contribution in [0.15, 0.2) is 42.5 Å². The molecule has 0 aromatic heterocycles. The van der Waals surface area contributed by atoms with Crippen molar-refractivity contribution in [1.29, 1.82) is 0 Å². The SMILES string of the molecule is CC(=O)c1ccc(N2CCN(CC(=O)Nc3ccc(Cl)cc3F)CC2)cc1. The number of amides is 1. The molecule has 142 valence electrons. The molecule has 1 heterocycles. The number of halogens is 2. The van der Waals surface area contributed by atoms with Gasteiger partial charge in [-0.15, -0.1) is 0 Å². The minimum Gasteiger partial charge on any atom is -0.369 e. The Morgan fingerprint density at radius 3 is 2.33 bits per heavy atom. The summed E-state index contributed by atoms with van der Waals surface area (Å²) in [7, 11) is 0. The number of piperazine rings is 1. The van der Waals surface area contributed by atoms with Crippen molar-refractivity contribution in [1.82, 2.24) is 4.90 Å². The largest absolute Gasteiger partial charge is 0.369 e. The highest BCUT2D eigenvalue weighted by Crippen LogP contribution is 2.20. The molecule has 5 nitrogen and oxygen atoms in total. The van der Waals surface area contributed by atoms with Gasteiger partial charge in [0.25, 0.3) is 0 Å². The second-order valence-corrected chi connectivity index (χ2v) is 6.98. The molecule has 1 aliphatic rings. The van der Waals surface area contributed by atoms with E-state index in [-0.39, 0.29) is 28.9 Å². The first-order valence-electron chi connectivity index (χ1n) is 8.75. The summed E-state index contributed by atoms with van der Waals surface area (Å²) in [6.45, 7) is 4.77. The van der Waals surface area contributed by atoms with E-state index in [1.54, 1.807) is 6.92 Å². The maximum atomic E-state index is 13.8. The van der Waals surface area contributed by atoms with E-state index in [2.05, 4.69) is 10.2 Å². The van der Waals surface area contributed by atoms with Crippen molar-refractivity contribution in [2.75, 3.05) is 42.9 Å². The average Bonchev–Trinajstić information content (AvgIpc) is 2.65. The van der Waals surface area contributed by atoms with Crippen molar-refractivity contribution in [3.8, 4) is 0 Å². The fraction of sp³-hybridized carbons (Fsp3) is 0.300. The summed E-state index contributed by atoms with van der Waals surface area (Å²) in [6, 6.07) is 11.7. The van der Waals surface area contributed by atoms with Gasteiger partial charge in [-0.05, 0) is 49.4 Å². The number of Topliss-reactive ketones (excluding diaryl/α,β-unsaturated/α-hetero) is 1. The number of nitrogens with one attached hydrogen (secondary N) is 1.